The van der Waals surface area contributed by atoms with E-state index in [1.807, 2.05) is 4.58 Å². The van der Waals surface area contributed by atoms with Gasteiger partial charge in [-0.2, -0.15) is 0 Å². The molecule has 1 fully saturated rings. The number of urea groups is 1. The molecule has 1 aromatic rings. The van der Waals surface area contributed by atoms with Crippen molar-refractivity contribution in [2.75, 3.05) is 47.4 Å². The van der Waals surface area contributed by atoms with Gasteiger partial charge in [0.15, 0.2) is 0 Å². The Labute approximate surface area is 164 Å². The van der Waals surface area contributed by atoms with Crippen molar-refractivity contribution in [1.82, 2.24) is 14.7 Å². The van der Waals surface area contributed by atoms with Crippen LogP contribution in [0.25, 0.3) is 0 Å². The van der Waals surface area contributed by atoms with Crippen LogP contribution in [0.5, 0.6) is 0 Å². The molecule has 1 atom stereocenters. The molecule has 1 unspecified atom stereocenters. The monoisotopic (exact) mass is 384 g/mol. The number of hydrogen-bond donors (Lipinski definition) is 0. The Hall–Kier alpha value is -2.58. The molecule has 0 saturated carbocycles. The molecule has 0 radical (unpaired) electrons. The Balaban J connectivity index is 1.62. The van der Waals surface area contributed by atoms with E-state index in [0.717, 1.165) is 25.3 Å². The summed E-state index contributed by atoms with van der Waals surface area (Å²) >= 11 is 0. The minimum absolute atomic E-state index is 0.239. The molecule has 3 amide bonds. The summed E-state index contributed by atoms with van der Waals surface area (Å²) in [5, 5.41) is 0. The highest BCUT2D eigenvalue weighted by Crippen LogP contribution is 2.22. The summed E-state index contributed by atoms with van der Waals surface area (Å²) in [6, 6.07) is 7.59. The molecule has 0 aromatic heterocycles. The van der Waals surface area contributed by atoms with E-state index in [1.165, 1.54) is 28.0 Å². The first-order valence-corrected chi connectivity index (χ1v) is 9.55. The fraction of sp³-hybridized carbons (Fsp3) is 0.500. The predicted molar refractivity (Wildman–Crippen MR) is 105 cm³/mol. The predicted octanol–water partition coefficient (Wildman–Crippen LogP) is 0.407. The molecule has 28 heavy (non-hydrogen) atoms. The summed E-state index contributed by atoms with van der Waals surface area (Å²) in [5.74, 6) is 1.09. The molecule has 0 aliphatic carbocycles. The molecule has 3 aliphatic heterocycles. The average molecular weight is 384 g/mol. The molecule has 1 saturated heterocycles. The lowest BCUT2D eigenvalue weighted by Crippen LogP contribution is -2.61. The first-order chi connectivity index (χ1) is 13.5. The highest BCUT2D eigenvalue weighted by atomic mass is 16.5. The fourth-order valence-electron chi connectivity index (χ4n) is 4.11. The first-order valence-electron chi connectivity index (χ1n) is 9.55. The number of methoxy groups -OCH3 is 1. The van der Waals surface area contributed by atoms with Gasteiger partial charge in [0, 0.05) is 34.3 Å². The van der Waals surface area contributed by atoms with E-state index in [-0.39, 0.29) is 11.9 Å². The lowest BCUT2D eigenvalue weighted by Gasteiger charge is -2.30. The number of ether oxygens (including phenoxy) is 1. The van der Waals surface area contributed by atoms with Crippen molar-refractivity contribution in [2.24, 2.45) is 4.99 Å². The van der Waals surface area contributed by atoms with Crippen molar-refractivity contribution < 1.29 is 18.9 Å². The van der Waals surface area contributed by atoms with Gasteiger partial charge in [-0.3, -0.25) is 19.5 Å². The number of imide groups is 1. The number of amides is 3. The topological polar surface area (TPSA) is 68.5 Å². The maximum Gasteiger partial charge on any atom is 0.333 e. The van der Waals surface area contributed by atoms with E-state index in [4.69, 9.17) is 9.73 Å². The van der Waals surface area contributed by atoms with Gasteiger partial charge in [-0.25, -0.2) is 9.37 Å². The molecule has 0 bridgehead atoms. The quantitative estimate of drug-likeness (QED) is 0.690. The number of nitrogens with zero attached hydrogens (tertiary/aromatic N) is 5. The van der Waals surface area contributed by atoms with Crippen LogP contribution in [0.4, 0.5) is 4.79 Å². The maximum atomic E-state index is 12.8. The average Bonchev–Trinajstić information content (AvgIpc) is 3.07. The fourth-order valence-corrected chi connectivity index (χ4v) is 4.11. The summed E-state index contributed by atoms with van der Waals surface area (Å²) in [6.45, 7) is 3.47. The van der Waals surface area contributed by atoms with Gasteiger partial charge in [0.2, 0.25) is 0 Å². The van der Waals surface area contributed by atoms with Crippen LogP contribution >= 0.6 is 0 Å². The van der Waals surface area contributed by atoms with Crippen LogP contribution in [0.2, 0.25) is 0 Å². The van der Waals surface area contributed by atoms with Crippen LogP contribution in [0.15, 0.2) is 29.3 Å². The lowest BCUT2D eigenvalue weighted by atomic mass is 10.00. The number of carbonyl (C=O) groups is 2. The zero-order valence-electron chi connectivity index (χ0n) is 16.6. The van der Waals surface area contributed by atoms with Crippen LogP contribution in [-0.4, -0.2) is 96.4 Å². The third kappa shape index (κ3) is 3.12. The molecule has 0 spiro atoms. The number of fused-ring (bicyclic) bond motifs is 2. The van der Waals surface area contributed by atoms with Gasteiger partial charge in [0.1, 0.15) is 13.1 Å². The van der Waals surface area contributed by atoms with Crippen molar-refractivity contribution in [2.45, 2.75) is 19.0 Å². The van der Waals surface area contributed by atoms with Gasteiger partial charge >= 0.3 is 11.9 Å². The van der Waals surface area contributed by atoms with Gasteiger partial charge in [-0.1, -0.05) is 24.3 Å². The van der Waals surface area contributed by atoms with Crippen molar-refractivity contribution >= 4 is 23.6 Å². The van der Waals surface area contributed by atoms with Crippen LogP contribution in [0.3, 0.4) is 0 Å². The summed E-state index contributed by atoms with van der Waals surface area (Å²) in [4.78, 5) is 34.9. The first kappa shape index (κ1) is 18.8. The highest BCUT2D eigenvalue weighted by Gasteiger charge is 2.52. The van der Waals surface area contributed by atoms with Gasteiger partial charge in [0.05, 0.1) is 6.61 Å². The van der Waals surface area contributed by atoms with Crippen LogP contribution in [0, 0.1) is 0 Å². The van der Waals surface area contributed by atoms with Gasteiger partial charge < -0.3 is 4.74 Å². The zero-order chi connectivity index (χ0) is 19.8. The molecule has 4 rings (SSSR count). The second-order valence-corrected chi connectivity index (χ2v) is 7.44. The lowest BCUT2D eigenvalue weighted by molar-refractivity contribution is -0.538. The summed E-state index contributed by atoms with van der Waals surface area (Å²) < 4.78 is 7.24. The van der Waals surface area contributed by atoms with Crippen molar-refractivity contribution in [1.29, 1.82) is 0 Å². The SMILES string of the molecule is COCC[N+]1=C(CN2CCc3ccccc3C2)N=C2C1C(=O)N(C)C(=O)N2C. The third-order valence-electron chi connectivity index (χ3n) is 5.72. The zero-order valence-corrected chi connectivity index (χ0v) is 16.6. The van der Waals surface area contributed by atoms with E-state index in [0.29, 0.717) is 25.5 Å². The highest BCUT2D eigenvalue weighted by molar-refractivity contribution is 6.23. The van der Waals surface area contributed by atoms with Crippen molar-refractivity contribution in [3.05, 3.63) is 35.4 Å². The standard InChI is InChI=1S/C20H26N5O3/c1-22-18-17(19(26)23(2)20(22)27)25(10-11-28-3)16(21-18)13-24-9-8-14-6-4-5-7-15(14)12-24/h4-7,17H,8-13H2,1-3H3/q+1. The van der Waals surface area contributed by atoms with Crippen molar-refractivity contribution in [3.8, 4) is 0 Å². The number of rotatable bonds is 5. The van der Waals surface area contributed by atoms with Gasteiger partial charge in [-0.15, -0.1) is 0 Å². The van der Waals surface area contributed by atoms with Gasteiger partial charge in [0.25, 0.3) is 17.8 Å². The number of amidine groups is 2. The second kappa shape index (κ2) is 7.44. The molecule has 3 heterocycles. The molecule has 0 N–H and O–H groups in total. The Morgan fingerprint density at radius 3 is 2.68 bits per heavy atom. The van der Waals surface area contributed by atoms with Crippen molar-refractivity contribution in [3.63, 3.8) is 0 Å². The summed E-state index contributed by atoms with van der Waals surface area (Å²) in [7, 11) is 4.83. The minimum atomic E-state index is -0.560. The summed E-state index contributed by atoms with van der Waals surface area (Å²) in [5.41, 5.74) is 2.73. The second-order valence-electron chi connectivity index (χ2n) is 7.44. The third-order valence-corrected chi connectivity index (χ3v) is 5.72. The maximum absolute atomic E-state index is 12.8. The largest absolute Gasteiger partial charge is 0.381 e. The smallest absolute Gasteiger partial charge is 0.333 e. The van der Waals surface area contributed by atoms with E-state index in [1.54, 1.807) is 14.2 Å². The molecular formula is C20H26N5O3+. The van der Waals surface area contributed by atoms with Crippen LogP contribution in [-0.2, 0) is 22.5 Å². The minimum Gasteiger partial charge on any atom is -0.381 e. The number of benzene rings is 1. The number of aliphatic imine (C=N–C) groups is 1. The number of carbonyl (C=O) groups excluding carboxylic acids is 2. The van der Waals surface area contributed by atoms with E-state index >= 15 is 0 Å². The molecule has 148 valence electrons. The van der Waals surface area contributed by atoms with Crippen LogP contribution in [0.1, 0.15) is 11.1 Å². The Kier molecular flexibility index (Phi) is 4.99. The van der Waals surface area contributed by atoms with E-state index in [2.05, 4.69) is 29.2 Å². The molecular weight excluding hydrogens is 358 g/mol. The molecule has 8 nitrogen and oxygen atoms in total. The van der Waals surface area contributed by atoms with E-state index < -0.39 is 6.04 Å². The molecule has 1 aromatic carbocycles. The molecule has 8 heteroatoms. The Bertz CT molecular complexity index is 878. The molecule has 3 aliphatic rings. The van der Waals surface area contributed by atoms with Gasteiger partial charge in [-0.05, 0) is 22.5 Å². The Morgan fingerprint density at radius 1 is 1.18 bits per heavy atom. The Morgan fingerprint density at radius 2 is 1.93 bits per heavy atom. The normalized spacial score (nSPS) is 22.5. The van der Waals surface area contributed by atoms with Crippen LogP contribution < -0.4 is 0 Å². The number of hydrogen-bond acceptors (Lipinski definition) is 5. The summed E-state index contributed by atoms with van der Waals surface area (Å²) in [6.07, 6.45) is 1.00. The van der Waals surface area contributed by atoms with E-state index in [9.17, 15) is 9.59 Å². The number of likely N-dealkylation sites (N-methyl/N-ethyl adjacent to an activating group) is 2.